The van der Waals surface area contributed by atoms with Gasteiger partial charge >= 0.3 is 0 Å². The van der Waals surface area contributed by atoms with Crippen LogP contribution in [0.2, 0.25) is 0 Å². The van der Waals surface area contributed by atoms with E-state index in [9.17, 15) is 0 Å². The molecular weight excluding hydrogens is 198 g/mol. The van der Waals surface area contributed by atoms with Crippen molar-refractivity contribution >= 4 is 0 Å². The van der Waals surface area contributed by atoms with E-state index < -0.39 is 0 Å². The van der Waals surface area contributed by atoms with Gasteiger partial charge in [-0.1, -0.05) is 27.2 Å². The largest absolute Gasteiger partial charge is 0.340 e. The second-order valence-corrected chi connectivity index (χ2v) is 4.72. The van der Waals surface area contributed by atoms with Gasteiger partial charge in [-0.05, 0) is 25.3 Å². The minimum Gasteiger partial charge on any atom is -0.340 e. The van der Waals surface area contributed by atoms with Crippen molar-refractivity contribution in [3.05, 3.63) is 18.2 Å². The molecule has 0 aliphatic rings. The molecule has 1 aromatic rings. The highest BCUT2D eigenvalue weighted by Crippen LogP contribution is 2.21. The van der Waals surface area contributed by atoms with E-state index in [-0.39, 0.29) is 0 Å². The summed E-state index contributed by atoms with van der Waals surface area (Å²) >= 11 is 0. The lowest BCUT2D eigenvalue weighted by Crippen LogP contribution is -2.24. The van der Waals surface area contributed by atoms with Crippen LogP contribution in [0.5, 0.6) is 0 Å². The quantitative estimate of drug-likeness (QED) is 0.770. The fourth-order valence-corrected chi connectivity index (χ4v) is 1.81. The Kier molecular flexibility index (Phi) is 5.53. The van der Waals surface area contributed by atoms with Crippen molar-refractivity contribution in [3.8, 4) is 0 Å². The third-order valence-electron chi connectivity index (χ3n) is 3.06. The van der Waals surface area contributed by atoms with Crippen molar-refractivity contribution in [1.82, 2.24) is 14.9 Å². The summed E-state index contributed by atoms with van der Waals surface area (Å²) in [5.41, 5.74) is 1.18. The van der Waals surface area contributed by atoms with Crippen molar-refractivity contribution < 1.29 is 0 Å². The molecule has 2 atom stereocenters. The molecule has 0 aliphatic carbocycles. The Morgan fingerprint density at radius 2 is 2.19 bits per heavy atom. The number of nitrogens with one attached hydrogen (secondary N) is 1. The molecule has 1 rings (SSSR count). The maximum atomic E-state index is 4.46. The van der Waals surface area contributed by atoms with Gasteiger partial charge in [-0.25, -0.2) is 4.98 Å². The molecule has 0 saturated carbocycles. The second kappa shape index (κ2) is 6.69. The monoisotopic (exact) mass is 223 g/mol. The zero-order valence-electron chi connectivity index (χ0n) is 11.0. The van der Waals surface area contributed by atoms with Crippen molar-refractivity contribution in [1.29, 1.82) is 0 Å². The molecule has 0 fully saturated rings. The molecule has 0 amide bonds. The Hall–Kier alpha value is -0.830. The number of nitrogens with zero attached hydrogens (tertiary/aromatic N) is 2. The van der Waals surface area contributed by atoms with Gasteiger partial charge in [0.15, 0.2) is 0 Å². The minimum atomic E-state index is 0.413. The van der Waals surface area contributed by atoms with E-state index in [0.717, 1.165) is 12.5 Å². The van der Waals surface area contributed by atoms with Gasteiger partial charge in [0.1, 0.15) is 0 Å². The number of hydrogen-bond donors (Lipinski definition) is 1. The van der Waals surface area contributed by atoms with Crippen LogP contribution in [0.4, 0.5) is 0 Å². The molecule has 0 aromatic carbocycles. The molecule has 0 bridgehead atoms. The average molecular weight is 223 g/mol. The zero-order valence-corrected chi connectivity index (χ0v) is 11.0. The topological polar surface area (TPSA) is 29.9 Å². The van der Waals surface area contributed by atoms with Crippen LogP contribution in [-0.4, -0.2) is 16.1 Å². The smallest absolute Gasteiger partial charge is 0.0947 e. The van der Waals surface area contributed by atoms with Crippen LogP contribution in [0.15, 0.2) is 12.5 Å². The summed E-state index contributed by atoms with van der Waals surface area (Å²) in [6.07, 6.45) is 7.58. The molecule has 1 heterocycles. The fraction of sp³-hybridized carbons (Fsp3) is 0.769. The molecule has 0 radical (unpaired) electrons. The first-order valence-corrected chi connectivity index (χ1v) is 6.38. The molecule has 1 N–H and O–H groups in total. The summed E-state index contributed by atoms with van der Waals surface area (Å²) in [6, 6.07) is 0.413. The van der Waals surface area contributed by atoms with E-state index in [1.54, 1.807) is 0 Å². The highest BCUT2D eigenvalue weighted by molar-refractivity contribution is 5.03. The standard InChI is InChI=1S/C13H25N3/c1-5-7-14-12(8-11(3)6-2)13-9-16(4)10-15-13/h9-12,14H,5-8H2,1-4H3. The lowest BCUT2D eigenvalue weighted by Gasteiger charge is -2.19. The van der Waals surface area contributed by atoms with E-state index >= 15 is 0 Å². The number of imidazole rings is 1. The van der Waals surface area contributed by atoms with Gasteiger partial charge in [0, 0.05) is 13.2 Å². The molecule has 1 aromatic heterocycles. The molecule has 92 valence electrons. The normalized spacial score (nSPS) is 15.0. The van der Waals surface area contributed by atoms with Gasteiger partial charge in [-0.2, -0.15) is 0 Å². The van der Waals surface area contributed by atoms with E-state index in [1.165, 1.54) is 25.0 Å². The van der Waals surface area contributed by atoms with E-state index in [0.29, 0.717) is 6.04 Å². The summed E-state index contributed by atoms with van der Waals surface area (Å²) in [4.78, 5) is 4.46. The highest BCUT2D eigenvalue weighted by atomic mass is 15.0. The highest BCUT2D eigenvalue weighted by Gasteiger charge is 2.15. The molecule has 0 aliphatic heterocycles. The minimum absolute atomic E-state index is 0.413. The fourth-order valence-electron chi connectivity index (χ4n) is 1.81. The molecule has 2 unspecified atom stereocenters. The maximum Gasteiger partial charge on any atom is 0.0947 e. The Balaban J connectivity index is 2.62. The van der Waals surface area contributed by atoms with Gasteiger partial charge in [0.25, 0.3) is 0 Å². The van der Waals surface area contributed by atoms with Crippen molar-refractivity contribution in [2.75, 3.05) is 6.54 Å². The number of aromatic nitrogens is 2. The molecule has 16 heavy (non-hydrogen) atoms. The van der Waals surface area contributed by atoms with Crippen LogP contribution in [0.3, 0.4) is 0 Å². The predicted molar refractivity (Wildman–Crippen MR) is 68.3 cm³/mol. The van der Waals surface area contributed by atoms with Gasteiger partial charge in [-0.15, -0.1) is 0 Å². The van der Waals surface area contributed by atoms with Gasteiger partial charge < -0.3 is 9.88 Å². The number of rotatable bonds is 7. The average Bonchev–Trinajstić information content (AvgIpc) is 2.70. The van der Waals surface area contributed by atoms with Crippen molar-refractivity contribution in [2.24, 2.45) is 13.0 Å². The third-order valence-corrected chi connectivity index (χ3v) is 3.06. The molecule has 0 spiro atoms. The predicted octanol–water partition coefficient (Wildman–Crippen LogP) is 2.90. The van der Waals surface area contributed by atoms with Crippen molar-refractivity contribution in [2.45, 2.75) is 46.1 Å². The van der Waals surface area contributed by atoms with Crippen LogP contribution in [-0.2, 0) is 7.05 Å². The maximum absolute atomic E-state index is 4.46. The Bertz CT molecular complexity index is 293. The summed E-state index contributed by atoms with van der Waals surface area (Å²) in [7, 11) is 2.02. The second-order valence-electron chi connectivity index (χ2n) is 4.72. The summed E-state index contributed by atoms with van der Waals surface area (Å²) in [5, 5.41) is 3.59. The number of hydrogen-bond acceptors (Lipinski definition) is 2. The van der Waals surface area contributed by atoms with Crippen LogP contribution in [0, 0.1) is 5.92 Å². The Morgan fingerprint density at radius 3 is 2.69 bits per heavy atom. The molecule has 0 saturated heterocycles. The lowest BCUT2D eigenvalue weighted by atomic mass is 9.97. The van der Waals surface area contributed by atoms with Crippen LogP contribution >= 0.6 is 0 Å². The van der Waals surface area contributed by atoms with Gasteiger partial charge in [0.05, 0.1) is 18.1 Å². The summed E-state index contributed by atoms with van der Waals surface area (Å²) < 4.78 is 2.02. The van der Waals surface area contributed by atoms with Gasteiger partial charge in [0.2, 0.25) is 0 Å². The number of aryl methyl sites for hydroxylation is 1. The van der Waals surface area contributed by atoms with Gasteiger partial charge in [-0.3, -0.25) is 0 Å². The third kappa shape index (κ3) is 3.97. The van der Waals surface area contributed by atoms with Crippen molar-refractivity contribution in [3.63, 3.8) is 0 Å². The summed E-state index contributed by atoms with van der Waals surface area (Å²) in [5.74, 6) is 0.747. The summed E-state index contributed by atoms with van der Waals surface area (Å²) in [6.45, 7) is 7.83. The molecule has 3 nitrogen and oxygen atoms in total. The van der Waals surface area contributed by atoms with Crippen LogP contribution in [0.1, 0.15) is 51.8 Å². The van der Waals surface area contributed by atoms with E-state index in [2.05, 4.69) is 37.3 Å². The SMILES string of the molecule is CCCNC(CC(C)CC)c1cn(C)cn1. The Morgan fingerprint density at radius 1 is 1.44 bits per heavy atom. The van der Waals surface area contributed by atoms with Crippen LogP contribution in [0.25, 0.3) is 0 Å². The lowest BCUT2D eigenvalue weighted by molar-refractivity contribution is 0.397. The molecule has 3 heteroatoms. The van der Waals surface area contributed by atoms with E-state index in [1.807, 2.05) is 17.9 Å². The Labute approximate surface area is 99.3 Å². The first-order valence-electron chi connectivity index (χ1n) is 6.38. The first-order chi connectivity index (χ1) is 7.67. The molecular formula is C13H25N3. The zero-order chi connectivity index (χ0) is 12.0. The van der Waals surface area contributed by atoms with E-state index in [4.69, 9.17) is 0 Å². The van der Waals surface area contributed by atoms with Crippen LogP contribution < -0.4 is 5.32 Å². The first kappa shape index (κ1) is 13.2.